The number of phenols is 1. The summed E-state index contributed by atoms with van der Waals surface area (Å²) in [6.45, 7) is 0.0165. The van der Waals surface area contributed by atoms with E-state index in [0.29, 0.717) is 37.6 Å². The molecule has 2 aromatic carbocycles. The number of hydrogen-bond acceptors (Lipinski definition) is 8. The maximum atomic E-state index is 14.0. The average molecular weight is 710 g/mol. The van der Waals surface area contributed by atoms with Crippen LogP contribution in [-0.4, -0.2) is 83.5 Å². The Morgan fingerprint density at radius 1 is 0.960 bits per heavy atom. The quantitative estimate of drug-likeness (QED) is 0.208. The highest BCUT2D eigenvalue weighted by Gasteiger charge is 2.61. The molecule has 5 fully saturated rings. The molecule has 0 radical (unpaired) electrons. The van der Waals surface area contributed by atoms with E-state index < -0.39 is 40.9 Å². The Hall–Kier alpha value is -4.16. The molecule has 0 spiro atoms. The van der Waals surface area contributed by atoms with Gasteiger partial charge in [-0.05, 0) is 92.9 Å². The average Bonchev–Trinajstić information content (AvgIpc) is 3.57. The van der Waals surface area contributed by atoms with Gasteiger partial charge in [0.25, 0.3) is 0 Å². The number of ether oxygens (including phenoxy) is 1. The molecule has 5 atom stereocenters. The number of halogens is 1. The number of carbonyl (C=O) groups excluding carboxylic acids is 5. The third-order valence-electron chi connectivity index (χ3n) is 11.0. The molecule has 6 N–H and O–H groups in total. The van der Waals surface area contributed by atoms with E-state index >= 15 is 0 Å². The van der Waals surface area contributed by atoms with Gasteiger partial charge in [-0.15, -0.1) is 12.4 Å². The van der Waals surface area contributed by atoms with Crippen molar-refractivity contribution in [3.05, 3.63) is 65.7 Å². The van der Waals surface area contributed by atoms with E-state index in [-0.39, 0.29) is 55.3 Å². The minimum absolute atomic E-state index is 0. The van der Waals surface area contributed by atoms with Crippen molar-refractivity contribution in [2.75, 3.05) is 20.2 Å². The van der Waals surface area contributed by atoms with Crippen LogP contribution in [0.3, 0.4) is 0 Å². The van der Waals surface area contributed by atoms with Gasteiger partial charge in [0.15, 0.2) is 0 Å². The topological polar surface area (TPSA) is 180 Å². The predicted molar refractivity (Wildman–Crippen MR) is 187 cm³/mol. The van der Waals surface area contributed by atoms with Crippen molar-refractivity contribution in [1.29, 1.82) is 0 Å². The van der Waals surface area contributed by atoms with E-state index in [0.717, 1.165) is 43.2 Å². The number of nitrogens with two attached hydrogens (primary N) is 1. The highest BCUT2D eigenvalue weighted by atomic mass is 35.5. The molecule has 7 rings (SSSR count). The van der Waals surface area contributed by atoms with Crippen molar-refractivity contribution >= 4 is 42.0 Å². The molecule has 12 nitrogen and oxygen atoms in total. The van der Waals surface area contributed by atoms with Gasteiger partial charge in [0, 0.05) is 18.5 Å². The van der Waals surface area contributed by atoms with Crippen LogP contribution in [0.4, 0.5) is 0 Å². The first-order valence-electron chi connectivity index (χ1n) is 17.3. The molecule has 4 saturated carbocycles. The summed E-state index contributed by atoms with van der Waals surface area (Å²) < 4.78 is 5.23. The molecule has 2 aromatic rings. The minimum atomic E-state index is -0.906. The predicted octanol–water partition coefficient (Wildman–Crippen LogP) is 2.15. The van der Waals surface area contributed by atoms with E-state index in [1.54, 1.807) is 12.1 Å². The highest BCUT2D eigenvalue weighted by molar-refractivity contribution is 5.94. The Kier molecular flexibility index (Phi) is 11.4. The van der Waals surface area contributed by atoms with E-state index in [1.165, 1.54) is 24.1 Å². The lowest BCUT2D eigenvalue weighted by Crippen LogP contribution is -2.66. The highest BCUT2D eigenvalue weighted by Crippen LogP contribution is 2.62. The van der Waals surface area contributed by atoms with Gasteiger partial charge >= 0.3 is 5.97 Å². The van der Waals surface area contributed by atoms with Crippen LogP contribution < -0.4 is 21.7 Å². The molecular formula is C37H48ClN5O7. The van der Waals surface area contributed by atoms with Crippen molar-refractivity contribution < 1.29 is 33.8 Å². The van der Waals surface area contributed by atoms with E-state index in [4.69, 9.17) is 10.5 Å². The van der Waals surface area contributed by atoms with Crippen LogP contribution in [-0.2, 0) is 41.6 Å². The van der Waals surface area contributed by atoms with E-state index in [2.05, 4.69) is 16.0 Å². The number of amides is 4. The number of hydrogen-bond donors (Lipinski definition) is 5. The molecule has 270 valence electrons. The van der Waals surface area contributed by atoms with Crippen molar-refractivity contribution in [1.82, 2.24) is 20.9 Å². The lowest BCUT2D eigenvalue weighted by molar-refractivity contribution is -0.173. The van der Waals surface area contributed by atoms with Gasteiger partial charge in [-0.25, -0.2) is 0 Å². The van der Waals surface area contributed by atoms with Crippen LogP contribution in [0.5, 0.6) is 5.75 Å². The van der Waals surface area contributed by atoms with Crippen LogP contribution in [0.1, 0.15) is 62.5 Å². The number of phenolic OH excluding ortho intramolecular Hbond substituents is 1. The van der Waals surface area contributed by atoms with Gasteiger partial charge < -0.3 is 36.4 Å². The summed E-state index contributed by atoms with van der Waals surface area (Å²) in [6.07, 6.45) is 6.32. The van der Waals surface area contributed by atoms with Gasteiger partial charge in [-0.3, -0.25) is 24.0 Å². The minimum Gasteiger partial charge on any atom is -0.508 e. The number of carbonyl (C=O) groups is 5. The molecule has 0 aromatic heterocycles. The van der Waals surface area contributed by atoms with Crippen molar-refractivity contribution in [2.45, 2.75) is 87.9 Å². The molecule has 4 aliphatic carbocycles. The molecule has 1 aliphatic heterocycles. The second-order valence-corrected chi connectivity index (χ2v) is 14.7. The molecule has 1 heterocycles. The normalized spacial score (nSPS) is 27.4. The number of likely N-dealkylation sites (tertiary alicyclic amines) is 1. The third-order valence-corrected chi connectivity index (χ3v) is 11.0. The monoisotopic (exact) mass is 709 g/mol. The van der Waals surface area contributed by atoms with E-state index in [9.17, 15) is 29.1 Å². The zero-order chi connectivity index (χ0) is 34.8. The lowest BCUT2D eigenvalue weighted by atomic mass is 9.47. The first kappa shape index (κ1) is 37.1. The standard InChI is InChI=1S/C37H47N5O7.ClH/c1-49-35(48)36-17-25-14-26(18-36)20-37(19-25,22-36)41-32(45)29(16-23-6-3-2-4-7-23)40-31(44)21-39-33(46)30-8-5-13-42(30)34(47)28(38)15-24-9-11-27(43)12-10-24;/h2-4,6-7,9-12,25-26,28-30,43H,5,8,13-22,38H2,1H3,(H,39,46)(H,40,44)(H,41,45);1H/t25?,26?,28-,29-,30+,36?,37?;/m0./s1. The maximum absolute atomic E-state index is 14.0. The fourth-order valence-corrected chi connectivity index (χ4v) is 9.29. The Morgan fingerprint density at radius 3 is 2.28 bits per heavy atom. The number of nitrogens with one attached hydrogen (secondary N) is 3. The summed E-state index contributed by atoms with van der Waals surface area (Å²) in [5.41, 5.74) is 6.76. The Morgan fingerprint density at radius 2 is 1.62 bits per heavy atom. The maximum Gasteiger partial charge on any atom is 0.311 e. The molecule has 5 aliphatic rings. The summed E-state index contributed by atoms with van der Waals surface area (Å²) in [5.74, 6) is -1.07. The first-order valence-corrected chi connectivity index (χ1v) is 17.3. The third kappa shape index (κ3) is 8.07. The van der Waals surface area contributed by atoms with Crippen LogP contribution in [0.15, 0.2) is 54.6 Å². The van der Waals surface area contributed by atoms with Gasteiger partial charge in [0.05, 0.1) is 25.1 Å². The van der Waals surface area contributed by atoms with Gasteiger partial charge in [-0.1, -0.05) is 42.5 Å². The molecule has 13 heteroatoms. The Balaban J connectivity index is 0.00000486. The second kappa shape index (κ2) is 15.4. The van der Waals surface area contributed by atoms with Crippen LogP contribution in [0.2, 0.25) is 0 Å². The summed E-state index contributed by atoms with van der Waals surface area (Å²) in [4.78, 5) is 68.2. The fourth-order valence-electron chi connectivity index (χ4n) is 9.29. The van der Waals surface area contributed by atoms with Crippen LogP contribution in [0.25, 0.3) is 0 Å². The fraction of sp³-hybridized carbons (Fsp3) is 0.541. The van der Waals surface area contributed by atoms with Gasteiger partial charge in [0.2, 0.25) is 23.6 Å². The smallest absolute Gasteiger partial charge is 0.311 e. The molecule has 2 unspecified atom stereocenters. The molecule has 4 bridgehead atoms. The van der Waals surface area contributed by atoms with Crippen molar-refractivity contribution in [2.24, 2.45) is 23.0 Å². The summed E-state index contributed by atoms with van der Waals surface area (Å²) in [5, 5.41) is 18.3. The van der Waals surface area contributed by atoms with Crippen LogP contribution in [0, 0.1) is 17.3 Å². The molecular weight excluding hydrogens is 662 g/mol. The molecule has 4 amide bonds. The largest absolute Gasteiger partial charge is 0.508 e. The van der Waals surface area contributed by atoms with E-state index in [1.807, 2.05) is 30.3 Å². The number of methoxy groups -OCH3 is 1. The van der Waals surface area contributed by atoms with Crippen molar-refractivity contribution in [3.8, 4) is 5.75 Å². The summed E-state index contributed by atoms with van der Waals surface area (Å²) >= 11 is 0. The Bertz CT molecular complexity index is 1560. The second-order valence-electron chi connectivity index (χ2n) is 14.7. The molecule has 50 heavy (non-hydrogen) atoms. The summed E-state index contributed by atoms with van der Waals surface area (Å²) in [6, 6.07) is 13.3. The van der Waals surface area contributed by atoms with Crippen LogP contribution >= 0.6 is 12.4 Å². The van der Waals surface area contributed by atoms with Gasteiger partial charge in [-0.2, -0.15) is 0 Å². The number of rotatable bonds is 12. The zero-order valence-corrected chi connectivity index (χ0v) is 29.2. The Labute approximate surface area is 298 Å². The first-order chi connectivity index (χ1) is 23.5. The summed E-state index contributed by atoms with van der Waals surface area (Å²) in [7, 11) is 1.42. The lowest BCUT2D eigenvalue weighted by Gasteiger charge is -2.60. The molecule has 1 saturated heterocycles. The number of benzene rings is 2. The zero-order valence-electron chi connectivity index (χ0n) is 28.4. The van der Waals surface area contributed by atoms with Crippen molar-refractivity contribution in [3.63, 3.8) is 0 Å². The number of nitrogens with zero attached hydrogens (tertiary/aromatic N) is 1. The SMILES string of the molecule is COC(=O)C12CC3CC(CC(NC(=O)[C@H](Cc4ccccc4)NC(=O)CNC(=O)[C@H]4CCCN4C(=O)[C@@H](N)Cc4ccc(O)cc4)(C3)C1)C2.Cl. The number of aromatic hydroxyl groups is 1. The number of esters is 1. The van der Waals surface area contributed by atoms with Gasteiger partial charge in [0.1, 0.15) is 17.8 Å².